The Hall–Kier alpha value is -0.271. The van der Waals surface area contributed by atoms with Crippen LogP contribution in [0.15, 0.2) is 0 Å². The first-order valence-corrected chi connectivity index (χ1v) is 18.3. The molecule has 8 N–H and O–H groups in total. The van der Waals surface area contributed by atoms with Crippen molar-refractivity contribution in [1.29, 1.82) is 0 Å². The standard InChI is InChI=1S/C32H55N9O2.Ir/c42-41(43)23-15-7-14-22-24(23)32-39-30-21-13-6-5-12-20(21)28(37-30)35-26-17-9-2-1-8-16(17)25(33-26)34-27-18-10-3-4-11-19(18)29(36-27)38-31(22)40-32;/h16-40H,1-15H2;/q;+3. The van der Waals surface area contributed by atoms with Crippen molar-refractivity contribution in [3.05, 3.63) is 10.1 Å². The Morgan fingerprint density at radius 2 is 0.659 bits per heavy atom. The maximum absolute atomic E-state index is 12.4. The van der Waals surface area contributed by atoms with Crippen molar-refractivity contribution < 1.29 is 25.0 Å². The number of rotatable bonds is 1. The van der Waals surface area contributed by atoms with Crippen molar-refractivity contribution in [3.8, 4) is 0 Å². The minimum atomic E-state index is -0.480. The number of hydrogen-bond donors (Lipinski definition) is 8. The topological polar surface area (TPSA) is 139 Å². The molecule has 4 saturated carbocycles. The van der Waals surface area contributed by atoms with Gasteiger partial charge in [-0.15, -0.1) is 0 Å². The molecule has 5 heterocycles. The van der Waals surface area contributed by atoms with E-state index < -0.39 is 6.04 Å². The number of nitrogens with one attached hydrogen (secondary N) is 8. The predicted octanol–water partition coefficient (Wildman–Crippen LogP) is 1.86. The molecule has 11 nitrogen and oxygen atoms in total. The molecule has 0 aromatic rings. The summed E-state index contributed by atoms with van der Waals surface area (Å²) in [5, 5.41) is 45.2. The van der Waals surface area contributed by atoms with Crippen LogP contribution in [0.4, 0.5) is 0 Å². The van der Waals surface area contributed by atoms with Crippen molar-refractivity contribution in [3.63, 3.8) is 0 Å². The Bertz CT molecular complexity index is 1060. The maximum atomic E-state index is 12.4. The fourth-order valence-electron chi connectivity index (χ4n) is 12.3. The normalized spacial score (nSPS) is 54.8. The quantitative estimate of drug-likeness (QED) is 0.147. The van der Waals surface area contributed by atoms with Crippen LogP contribution in [0.5, 0.6) is 0 Å². The molecule has 9 aliphatic rings. The van der Waals surface area contributed by atoms with E-state index in [0.29, 0.717) is 60.4 Å². The smallest absolute Gasteiger partial charge is 0.286 e. The molecule has 246 valence electrons. The third kappa shape index (κ3) is 5.26. The molecule has 5 aliphatic heterocycles. The molecule has 0 aromatic carbocycles. The van der Waals surface area contributed by atoms with Gasteiger partial charge in [0.15, 0.2) is 0 Å². The van der Waals surface area contributed by atoms with Gasteiger partial charge < -0.3 is 0 Å². The number of nitrogens with zero attached hydrogens (tertiary/aromatic N) is 1. The molecule has 0 aromatic heterocycles. The molecule has 0 spiro atoms. The van der Waals surface area contributed by atoms with E-state index in [4.69, 9.17) is 0 Å². The molecule has 17 unspecified atom stereocenters. The third-order valence-electron chi connectivity index (χ3n) is 14.1. The average molecular weight is 790 g/mol. The molecule has 8 bridgehead atoms. The molecule has 9 fully saturated rings. The van der Waals surface area contributed by atoms with Crippen LogP contribution in [0.3, 0.4) is 0 Å². The second-order valence-corrected chi connectivity index (χ2v) is 16.0. The monoisotopic (exact) mass is 790 g/mol. The van der Waals surface area contributed by atoms with Crippen LogP contribution in [0.25, 0.3) is 0 Å². The molecule has 12 heteroatoms. The first-order valence-electron chi connectivity index (χ1n) is 18.3. The zero-order valence-corrected chi connectivity index (χ0v) is 28.4. The van der Waals surface area contributed by atoms with Gasteiger partial charge in [-0.1, -0.05) is 38.5 Å². The summed E-state index contributed by atoms with van der Waals surface area (Å²) in [7, 11) is 0. The number of fused-ring (bicyclic) bond motifs is 20. The number of nitro groups is 1. The minimum absolute atomic E-state index is 0. The summed E-state index contributed by atoms with van der Waals surface area (Å²) in [6.07, 6.45) is 20.0. The van der Waals surface area contributed by atoms with Crippen molar-refractivity contribution in [2.24, 2.45) is 47.3 Å². The molecule has 0 radical (unpaired) electrons. The van der Waals surface area contributed by atoms with Gasteiger partial charge in [0, 0.05) is 11.3 Å². The van der Waals surface area contributed by atoms with Crippen LogP contribution in [0.1, 0.15) is 96.3 Å². The first kappa shape index (κ1) is 31.0. The molecular formula is C32H55IrN9O2+3. The van der Waals surface area contributed by atoms with E-state index in [1.54, 1.807) is 0 Å². The van der Waals surface area contributed by atoms with Gasteiger partial charge in [-0.2, -0.15) is 0 Å². The minimum Gasteiger partial charge on any atom is -0.286 e. The molecule has 9 rings (SSSR count). The van der Waals surface area contributed by atoms with E-state index >= 15 is 0 Å². The number of hydrogen-bond acceptors (Lipinski definition) is 10. The van der Waals surface area contributed by atoms with Gasteiger partial charge in [0.05, 0.1) is 55.2 Å². The van der Waals surface area contributed by atoms with E-state index in [-0.39, 0.29) is 67.7 Å². The predicted molar refractivity (Wildman–Crippen MR) is 163 cm³/mol. The Morgan fingerprint density at radius 1 is 0.386 bits per heavy atom. The fourth-order valence-corrected chi connectivity index (χ4v) is 12.3. The summed E-state index contributed by atoms with van der Waals surface area (Å²) in [5.41, 5.74) is 0. The summed E-state index contributed by atoms with van der Waals surface area (Å²) < 4.78 is 0. The van der Waals surface area contributed by atoms with Gasteiger partial charge in [-0.25, -0.2) is 0 Å². The molecular weight excluding hydrogens is 735 g/mol. The van der Waals surface area contributed by atoms with Crippen molar-refractivity contribution >= 4 is 0 Å². The van der Waals surface area contributed by atoms with Gasteiger partial charge in [-0.3, -0.25) is 52.6 Å². The van der Waals surface area contributed by atoms with Crippen LogP contribution in [-0.2, 0) is 20.1 Å². The van der Waals surface area contributed by atoms with E-state index in [9.17, 15) is 10.1 Å². The van der Waals surface area contributed by atoms with E-state index in [1.807, 2.05) is 0 Å². The van der Waals surface area contributed by atoms with Crippen molar-refractivity contribution in [2.45, 2.75) is 152 Å². The largest absolute Gasteiger partial charge is 3.00 e. The second kappa shape index (κ2) is 12.6. The Morgan fingerprint density at radius 3 is 0.977 bits per heavy atom. The van der Waals surface area contributed by atoms with Crippen molar-refractivity contribution in [2.75, 3.05) is 0 Å². The third-order valence-corrected chi connectivity index (χ3v) is 14.1. The van der Waals surface area contributed by atoms with Crippen LogP contribution in [0.2, 0.25) is 0 Å². The van der Waals surface area contributed by atoms with E-state index in [1.165, 1.54) is 77.0 Å². The summed E-state index contributed by atoms with van der Waals surface area (Å²) >= 11 is 0. The Labute approximate surface area is 276 Å². The molecule has 4 aliphatic carbocycles. The van der Waals surface area contributed by atoms with Gasteiger partial charge in [0.25, 0.3) is 0 Å². The van der Waals surface area contributed by atoms with E-state index in [2.05, 4.69) is 42.5 Å². The second-order valence-electron chi connectivity index (χ2n) is 16.0. The Balaban J connectivity index is 0.00000289. The fraction of sp³-hybridized carbons (Fsp3) is 1.00. The van der Waals surface area contributed by atoms with Crippen molar-refractivity contribution in [1.82, 2.24) is 42.5 Å². The maximum Gasteiger partial charge on any atom is 3.00 e. The van der Waals surface area contributed by atoms with Crippen LogP contribution in [-0.4, -0.2) is 60.3 Å². The molecule has 0 amide bonds. The SMILES string of the molecule is O=[N+]([O-])C1CCCC2C3NC4NC(NC5NC(NC6NC(NC(N3)C21)C1CCCCC61)C1CCCCC51)C1CCCCC41.[Ir+3]. The summed E-state index contributed by atoms with van der Waals surface area (Å²) in [4.78, 5) is 12.5. The summed E-state index contributed by atoms with van der Waals surface area (Å²) in [6.45, 7) is 0. The van der Waals surface area contributed by atoms with Crippen LogP contribution < -0.4 is 42.5 Å². The van der Waals surface area contributed by atoms with Crippen LogP contribution >= 0.6 is 0 Å². The molecule has 5 saturated heterocycles. The van der Waals surface area contributed by atoms with E-state index in [0.717, 1.165) is 12.8 Å². The molecule has 17 atom stereocenters. The summed E-state index contributed by atoms with van der Waals surface area (Å²) in [6, 6.07) is -0.480. The van der Waals surface area contributed by atoms with Gasteiger partial charge in [-0.05, 0) is 92.8 Å². The van der Waals surface area contributed by atoms with Gasteiger partial charge in [0.1, 0.15) is 0 Å². The zero-order valence-electron chi connectivity index (χ0n) is 26.0. The molecule has 44 heavy (non-hydrogen) atoms. The van der Waals surface area contributed by atoms with Crippen LogP contribution in [0, 0.1) is 57.5 Å². The Kier molecular flexibility index (Phi) is 8.91. The summed E-state index contributed by atoms with van der Waals surface area (Å²) in [5.74, 6) is 4.00. The van der Waals surface area contributed by atoms with Gasteiger partial charge >= 0.3 is 20.1 Å². The van der Waals surface area contributed by atoms with Gasteiger partial charge in [0.2, 0.25) is 6.04 Å². The first-order chi connectivity index (χ1) is 21.1. The zero-order chi connectivity index (χ0) is 28.7. The average Bonchev–Trinajstić information content (AvgIpc) is 3.76.